The zero-order valence-electron chi connectivity index (χ0n) is 13.4. The summed E-state index contributed by atoms with van der Waals surface area (Å²) in [4.78, 5) is 34.3. The number of rotatable bonds is 10. The van der Waals surface area contributed by atoms with Crippen LogP contribution in [0.3, 0.4) is 0 Å². The molecule has 0 aliphatic heterocycles. The van der Waals surface area contributed by atoms with Gasteiger partial charge in [0.15, 0.2) is 6.23 Å². The Kier molecular flexibility index (Phi) is 7.97. The Hall–Kier alpha value is -1.33. The van der Waals surface area contributed by atoms with Crippen LogP contribution >= 0.6 is 7.82 Å². The molecule has 3 unspecified atom stereocenters. The number of aromatic amines is 1. The molecule has 0 aliphatic carbocycles. The monoisotopic (exact) mass is 368 g/mol. The Morgan fingerprint density at radius 3 is 2.54 bits per heavy atom. The Balaban J connectivity index is 2.97. The summed E-state index contributed by atoms with van der Waals surface area (Å²) >= 11 is 0. The van der Waals surface area contributed by atoms with Gasteiger partial charge < -0.3 is 19.5 Å². The van der Waals surface area contributed by atoms with E-state index in [0.717, 1.165) is 23.9 Å². The lowest BCUT2D eigenvalue weighted by molar-refractivity contribution is -0.137. The minimum atomic E-state index is -4.26. The largest absolute Gasteiger partial charge is 0.472 e. The zero-order chi connectivity index (χ0) is 18.3. The van der Waals surface area contributed by atoms with E-state index < -0.39 is 44.1 Å². The highest BCUT2D eigenvalue weighted by Gasteiger charge is 2.31. The van der Waals surface area contributed by atoms with Gasteiger partial charge in [0.05, 0.1) is 19.3 Å². The Bertz CT molecular complexity index is 673. The highest BCUT2D eigenvalue weighted by molar-refractivity contribution is 7.47. The highest BCUT2D eigenvalue weighted by atomic mass is 31.2. The second-order valence-electron chi connectivity index (χ2n) is 4.75. The van der Waals surface area contributed by atoms with Crippen LogP contribution in [0.25, 0.3) is 0 Å². The van der Waals surface area contributed by atoms with Crippen molar-refractivity contribution in [3.8, 4) is 0 Å². The van der Waals surface area contributed by atoms with Crippen LogP contribution in [0.5, 0.6) is 0 Å². The fourth-order valence-corrected chi connectivity index (χ4v) is 2.47. The topological polar surface area (TPSA) is 149 Å². The lowest BCUT2D eigenvalue weighted by Gasteiger charge is -2.29. The molecule has 138 valence electrons. The molecule has 0 aliphatic rings. The van der Waals surface area contributed by atoms with Gasteiger partial charge in [0.2, 0.25) is 0 Å². The normalized spacial score (nSPS) is 17.9. The molecule has 1 heterocycles. The van der Waals surface area contributed by atoms with Crippen molar-refractivity contribution in [3.63, 3.8) is 0 Å². The molecule has 1 aromatic rings. The van der Waals surface area contributed by atoms with E-state index in [1.807, 2.05) is 4.98 Å². The van der Waals surface area contributed by atoms with Gasteiger partial charge in [0, 0.05) is 26.5 Å². The molecule has 0 saturated heterocycles. The Morgan fingerprint density at radius 1 is 1.38 bits per heavy atom. The van der Waals surface area contributed by atoms with Crippen molar-refractivity contribution in [1.29, 1.82) is 0 Å². The first-order valence-corrected chi connectivity index (χ1v) is 8.37. The van der Waals surface area contributed by atoms with Gasteiger partial charge in [-0.1, -0.05) is 0 Å². The summed E-state index contributed by atoms with van der Waals surface area (Å²) in [7, 11) is -1.88. The molecule has 4 atom stereocenters. The van der Waals surface area contributed by atoms with E-state index in [9.17, 15) is 24.2 Å². The van der Waals surface area contributed by atoms with Gasteiger partial charge in [-0.25, -0.2) is 9.36 Å². The van der Waals surface area contributed by atoms with Gasteiger partial charge in [-0.15, -0.1) is 0 Å². The number of ether oxygens (including phenoxy) is 2. The number of aromatic nitrogens is 2. The fraction of sp³-hybridized carbons (Fsp3) is 0.667. The van der Waals surface area contributed by atoms with Crippen molar-refractivity contribution in [2.45, 2.75) is 25.4 Å². The molecule has 0 spiro atoms. The minimum absolute atomic E-state index is 0.0561. The molecule has 0 bridgehead atoms. The van der Waals surface area contributed by atoms with Gasteiger partial charge in [0.25, 0.3) is 5.56 Å². The summed E-state index contributed by atoms with van der Waals surface area (Å²) in [5.74, 6) is 0. The van der Waals surface area contributed by atoms with Crippen molar-refractivity contribution in [2.75, 3.05) is 27.4 Å². The van der Waals surface area contributed by atoms with E-state index in [4.69, 9.17) is 14.0 Å². The van der Waals surface area contributed by atoms with E-state index in [-0.39, 0.29) is 6.61 Å². The van der Waals surface area contributed by atoms with Crippen molar-refractivity contribution >= 4 is 7.82 Å². The van der Waals surface area contributed by atoms with Crippen molar-refractivity contribution < 1.29 is 33.1 Å². The van der Waals surface area contributed by atoms with E-state index in [2.05, 4.69) is 4.52 Å². The maximum absolute atomic E-state index is 11.8. The van der Waals surface area contributed by atoms with Crippen LogP contribution in [-0.4, -0.2) is 59.2 Å². The first-order valence-electron chi connectivity index (χ1n) is 6.87. The second kappa shape index (κ2) is 9.23. The number of phosphoric ester groups is 1. The Morgan fingerprint density at radius 2 is 2.04 bits per heavy atom. The molecule has 24 heavy (non-hydrogen) atoms. The van der Waals surface area contributed by atoms with Crippen LogP contribution in [0.4, 0.5) is 0 Å². The number of nitrogens with one attached hydrogen (secondary N) is 1. The summed E-state index contributed by atoms with van der Waals surface area (Å²) in [6, 6.07) is 1.09. The van der Waals surface area contributed by atoms with Gasteiger partial charge in [0.1, 0.15) is 6.10 Å². The fourth-order valence-electron chi connectivity index (χ4n) is 1.82. The molecule has 1 rings (SSSR count). The SMILES string of the molecule is COCC(OC(CO)n1ccc(=O)[nH]c1=O)[C@@H](C)OP(=O)(O)OC. The number of aliphatic hydroxyl groups is 1. The standard InChI is InChI=1S/C12H21N2O9P/c1-8(23-24(18,19)21-3)9(7-20-2)22-11(6-15)14-5-4-10(16)13-12(14)17/h4-5,8-9,11,15H,6-7H2,1-3H3,(H,18,19)(H,13,16,17)/t8-,9?,11?/m1/s1. The number of H-pyrrole nitrogens is 1. The van der Waals surface area contributed by atoms with Gasteiger partial charge in [-0.05, 0) is 6.92 Å². The number of hydrogen-bond acceptors (Lipinski definition) is 8. The predicted molar refractivity (Wildman–Crippen MR) is 81.6 cm³/mol. The summed E-state index contributed by atoms with van der Waals surface area (Å²) in [6.07, 6.45) is -1.89. The average Bonchev–Trinajstić information content (AvgIpc) is 2.51. The summed E-state index contributed by atoms with van der Waals surface area (Å²) in [5, 5.41) is 9.46. The molecule has 0 saturated carbocycles. The molecule has 0 amide bonds. The van der Waals surface area contributed by atoms with E-state index in [0.29, 0.717) is 0 Å². The maximum atomic E-state index is 11.8. The highest BCUT2D eigenvalue weighted by Crippen LogP contribution is 2.44. The van der Waals surface area contributed by atoms with Crippen LogP contribution < -0.4 is 11.2 Å². The molecule has 0 radical (unpaired) electrons. The molecule has 3 N–H and O–H groups in total. The molecular weight excluding hydrogens is 347 g/mol. The summed E-state index contributed by atoms with van der Waals surface area (Å²) in [5.41, 5.74) is -1.38. The Labute approximate surface area is 137 Å². The number of hydrogen-bond donors (Lipinski definition) is 3. The lowest BCUT2D eigenvalue weighted by Crippen LogP contribution is -2.40. The summed E-state index contributed by atoms with van der Waals surface area (Å²) < 4.78 is 32.2. The molecule has 12 heteroatoms. The molecule has 0 fully saturated rings. The quantitative estimate of drug-likeness (QED) is 0.452. The second-order valence-corrected chi connectivity index (χ2v) is 6.26. The van der Waals surface area contributed by atoms with Crippen LogP contribution in [0.2, 0.25) is 0 Å². The van der Waals surface area contributed by atoms with Crippen LogP contribution in [0.15, 0.2) is 21.9 Å². The number of phosphoric acid groups is 1. The van der Waals surface area contributed by atoms with Crippen molar-refractivity contribution in [2.24, 2.45) is 0 Å². The van der Waals surface area contributed by atoms with Crippen molar-refractivity contribution in [1.82, 2.24) is 9.55 Å². The minimum Gasteiger partial charge on any atom is -0.392 e. The molecule has 1 aromatic heterocycles. The predicted octanol–water partition coefficient (Wildman–Crippen LogP) is -0.789. The van der Waals surface area contributed by atoms with Gasteiger partial charge >= 0.3 is 13.5 Å². The third kappa shape index (κ3) is 5.95. The number of nitrogens with zero attached hydrogens (tertiary/aromatic N) is 1. The zero-order valence-corrected chi connectivity index (χ0v) is 14.3. The van der Waals surface area contributed by atoms with Gasteiger partial charge in [-0.2, -0.15) is 0 Å². The molecule has 0 aromatic carbocycles. The molecule has 11 nitrogen and oxygen atoms in total. The van der Waals surface area contributed by atoms with Crippen LogP contribution in [0.1, 0.15) is 13.2 Å². The summed E-state index contributed by atoms with van der Waals surface area (Å²) in [6.45, 7) is 0.787. The van der Waals surface area contributed by atoms with Crippen LogP contribution in [-0.2, 0) is 23.1 Å². The van der Waals surface area contributed by atoms with E-state index in [1.54, 1.807) is 0 Å². The smallest absolute Gasteiger partial charge is 0.392 e. The third-order valence-corrected chi connectivity index (χ3v) is 4.09. The maximum Gasteiger partial charge on any atom is 0.472 e. The molecular formula is C12H21N2O9P. The van der Waals surface area contributed by atoms with E-state index >= 15 is 0 Å². The lowest BCUT2D eigenvalue weighted by atomic mass is 10.2. The average molecular weight is 368 g/mol. The van der Waals surface area contributed by atoms with Crippen molar-refractivity contribution in [3.05, 3.63) is 33.1 Å². The first-order chi connectivity index (χ1) is 11.2. The van der Waals surface area contributed by atoms with E-state index in [1.165, 1.54) is 14.0 Å². The number of methoxy groups -OCH3 is 1. The number of aliphatic hydroxyl groups excluding tert-OH is 1. The first kappa shape index (κ1) is 20.7. The third-order valence-electron chi connectivity index (χ3n) is 3.03. The van der Waals surface area contributed by atoms with Gasteiger partial charge in [-0.3, -0.25) is 23.4 Å². The van der Waals surface area contributed by atoms with Crippen LogP contribution in [0, 0.1) is 0 Å².